The predicted molar refractivity (Wildman–Crippen MR) is 56.2 cm³/mol. The minimum absolute atomic E-state index is 0.111. The minimum Gasteiger partial charge on any atom is -0.604 e. The van der Waals surface area contributed by atoms with E-state index >= 15 is 0 Å². The van der Waals surface area contributed by atoms with Gasteiger partial charge >= 0.3 is 5.91 Å². The second-order valence-electron chi connectivity index (χ2n) is 4.13. The van der Waals surface area contributed by atoms with Gasteiger partial charge in [0.05, 0.1) is 0 Å². The maximum Gasteiger partial charge on any atom is 0.365 e. The van der Waals surface area contributed by atoms with Crippen LogP contribution in [0.5, 0.6) is 0 Å². The van der Waals surface area contributed by atoms with Crippen LogP contribution in [-0.2, 0) is 4.79 Å². The summed E-state index contributed by atoms with van der Waals surface area (Å²) in [5.41, 5.74) is -1.49. The van der Waals surface area contributed by atoms with Crippen LogP contribution in [0.4, 0.5) is 0 Å². The third-order valence-electron chi connectivity index (χ3n) is 2.88. The maximum atomic E-state index is 12.0. The number of carbonyl (C=O) groups excluding carboxylic acids is 1. The molecule has 5 nitrogen and oxygen atoms in total. The van der Waals surface area contributed by atoms with E-state index in [1.165, 1.54) is 5.01 Å². The Morgan fingerprint density at radius 2 is 2.27 bits per heavy atom. The molecule has 15 heavy (non-hydrogen) atoms. The molecule has 1 amide bonds. The van der Waals surface area contributed by atoms with Crippen molar-refractivity contribution >= 4 is 5.91 Å². The first-order valence-corrected chi connectivity index (χ1v) is 5.02. The molecule has 2 unspecified atom stereocenters. The van der Waals surface area contributed by atoms with Crippen LogP contribution in [0.3, 0.4) is 0 Å². The highest BCUT2D eigenvalue weighted by molar-refractivity contribution is 5.80. The van der Waals surface area contributed by atoms with Crippen LogP contribution in [0.15, 0.2) is 12.2 Å². The van der Waals surface area contributed by atoms with Crippen molar-refractivity contribution in [3.8, 4) is 0 Å². The molecule has 1 heterocycles. The summed E-state index contributed by atoms with van der Waals surface area (Å²) in [6.45, 7) is 1.92. The van der Waals surface area contributed by atoms with Crippen molar-refractivity contribution in [3.05, 3.63) is 17.4 Å². The number of amides is 1. The quantitative estimate of drug-likeness (QED) is 0.420. The Balaban J connectivity index is 2.88. The van der Waals surface area contributed by atoms with Crippen LogP contribution in [0.25, 0.3) is 0 Å². The van der Waals surface area contributed by atoms with Gasteiger partial charge in [-0.25, -0.2) is 9.55 Å². The highest BCUT2D eigenvalue weighted by Gasteiger charge is 2.54. The van der Waals surface area contributed by atoms with Crippen molar-refractivity contribution in [3.63, 3.8) is 0 Å². The van der Waals surface area contributed by atoms with Gasteiger partial charge in [0.1, 0.15) is 6.54 Å². The summed E-state index contributed by atoms with van der Waals surface area (Å²) in [5, 5.41) is 23.4. The van der Waals surface area contributed by atoms with Crippen LogP contribution >= 0.6 is 0 Å². The molecule has 0 aromatic heterocycles. The monoisotopic (exact) mass is 214 g/mol. The SMILES string of the molecule is CC=CCC1(O)CC[N+]([O-])(N(C)C)C1=O. The van der Waals surface area contributed by atoms with Crippen molar-refractivity contribution in [1.82, 2.24) is 5.01 Å². The fourth-order valence-electron chi connectivity index (χ4n) is 1.75. The number of hydrogen-bond donors (Lipinski definition) is 1. The van der Waals surface area contributed by atoms with E-state index in [1.807, 2.05) is 6.92 Å². The largest absolute Gasteiger partial charge is 0.604 e. The Hall–Kier alpha value is -0.750. The third kappa shape index (κ3) is 1.96. The number of aliphatic hydroxyl groups is 1. The van der Waals surface area contributed by atoms with Crippen molar-refractivity contribution < 1.29 is 14.7 Å². The number of allylic oxidation sites excluding steroid dienone is 1. The van der Waals surface area contributed by atoms with Crippen LogP contribution < -0.4 is 0 Å². The molecule has 1 N–H and O–H groups in total. The average Bonchev–Trinajstić information content (AvgIpc) is 2.42. The lowest BCUT2D eigenvalue weighted by Crippen LogP contribution is -2.57. The number of quaternary nitrogens is 1. The van der Waals surface area contributed by atoms with E-state index in [0.29, 0.717) is 0 Å². The highest BCUT2D eigenvalue weighted by Crippen LogP contribution is 2.32. The molecule has 1 aliphatic heterocycles. The molecule has 0 saturated carbocycles. The molecular formula is C10H18N2O3. The van der Waals surface area contributed by atoms with Crippen LogP contribution in [0.1, 0.15) is 19.8 Å². The lowest BCUT2D eigenvalue weighted by Gasteiger charge is -2.40. The van der Waals surface area contributed by atoms with Crippen LogP contribution in [-0.4, -0.2) is 47.0 Å². The van der Waals surface area contributed by atoms with Crippen molar-refractivity contribution in [2.24, 2.45) is 0 Å². The second kappa shape index (κ2) is 4.02. The van der Waals surface area contributed by atoms with Gasteiger partial charge in [0, 0.05) is 26.9 Å². The summed E-state index contributed by atoms with van der Waals surface area (Å²) in [6, 6.07) is 0. The Labute approximate surface area is 89.7 Å². The standard InChI is InChI=1S/C10H18N2O3/c1-4-5-6-10(14)7-8-12(15,9(10)13)11(2)3/h4-5,14H,6-8H2,1-3H3. The van der Waals surface area contributed by atoms with E-state index in [1.54, 1.807) is 26.2 Å². The molecule has 1 fully saturated rings. The second-order valence-corrected chi connectivity index (χ2v) is 4.13. The normalized spacial score (nSPS) is 37.1. The molecule has 0 aromatic carbocycles. The Kier molecular flexibility index (Phi) is 3.30. The summed E-state index contributed by atoms with van der Waals surface area (Å²) in [5.74, 6) is -0.661. The first-order valence-electron chi connectivity index (χ1n) is 5.02. The van der Waals surface area contributed by atoms with Gasteiger partial charge in [-0.2, -0.15) is 5.01 Å². The summed E-state index contributed by atoms with van der Waals surface area (Å²) in [6.07, 6.45) is 3.91. The van der Waals surface area contributed by atoms with E-state index in [2.05, 4.69) is 0 Å². The molecule has 86 valence electrons. The first kappa shape index (κ1) is 12.3. The topological polar surface area (TPSA) is 63.6 Å². The van der Waals surface area contributed by atoms with Crippen molar-refractivity contribution in [2.75, 3.05) is 20.6 Å². The third-order valence-corrected chi connectivity index (χ3v) is 2.88. The molecule has 0 spiro atoms. The van der Waals surface area contributed by atoms with E-state index in [4.69, 9.17) is 0 Å². The highest BCUT2D eigenvalue weighted by atomic mass is 16.6. The molecular weight excluding hydrogens is 196 g/mol. The lowest BCUT2D eigenvalue weighted by molar-refractivity contribution is -0.912. The number of carbonyl (C=O) groups is 1. The summed E-state index contributed by atoms with van der Waals surface area (Å²) < 4.78 is -1.06. The fourth-order valence-corrected chi connectivity index (χ4v) is 1.75. The molecule has 1 saturated heterocycles. The molecule has 0 aliphatic carbocycles. The molecule has 0 radical (unpaired) electrons. The zero-order valence-corrected chi connectivity index (χ0v) is 9.43. The summed E-state index contributed by atoms with van der Waals surface area (Å²) in [7, 11) is 3.10. The zero-order valence-electron chi connectivity index (χ0n) is 9.43. The molecule has 1 rings (SSSR count). The van der Waals surface area contributed by atoms with Gasteiger partial charge in [-0.1, -0.05) is 12.2 Å². The molecule has 0 bridgehead atoms. The maximum absolute atomic E-state index is 12.0. The lowest BCUT2D eigenvalue weighted by atomic mass is 9.98. The van der Waals surface area contributed by atoms with E-state index in [-0.39, 0.29) is 19.4 Å². The van der Waals surface area contributed by atoms with Gasteiger partial charge in [-0.05, 0) is 6.92 Å². The molecule has 0 aromatic rings. The van der Waals surface area contributed by atoms with E-state index in [9.17, 15) is 15.1 Å². The van der Waals surface area contributed by atoms with Gasteiger partial charge in [0.25, 0.3) is 0 Å². The first-order chi connectivity index (χ1) is 6.87. The smallest absolute Gasteiger partial charge is 0.365 e. The zero-order chi connectivity index (χ0) is 11.7. The van der Waals surface area contributed by atoms with Crippen LogP contribution in [0, 0.1) is 5.21 Å². The number of rotatable bonds is 3. The van der Waals surface area contributed by atoms with E-state index < -0.39 is 16.3 Å². The van der Waals surface area contributed by atoms with Crippen molar-refractivity contribution in [2.45, 2.75) is 25.4 Å². The Morgan fingerprint density at radius 3 is 2.67 bits per heavy atom. The molecule has 5 heteroatoms. The molecule has 1 aliphatic rings. The minimum atomic E-state index is -1.49. The van der Waals surface area contributed by atoms with Gasteiger partial charge in [0.15, 0.2) is 5.60 Å². The van der Waals surface area contributed by atoms with Crippen molar-refractivity contribution in [1.29, 1.82) is 0 Å². The van der Waals surface area contributed by atoms with Gasteiger partial charge in [-0.3, -0.25) is 0 Å². The van der Waals surface area contributed by atoms with Gasteiger partial charge in [0.2, 0.25) is 0 Å². The number of nitrogens with zero attached hydrogens (tertiary/aromatic N) is 2. The Bertz CT molecular complexity index is 290. The fraction of sp³-hybridized carbons (Fsp3) is 0.700. The van der Waals surface area contributed by atoms with Gasteiger partial charge in [-0.15, -0.1) is 0 Å². The van der Waals surface area contributed by atoms with E-state index in [0.717, 1.165) is 0 Å². The summed E-state index contributed by atoms with van der Waals surface area (Å²) >= 11 is 0. The van der Waals surface area contributed by atoms with Crippen LogP contribution in [0.2, 0.25) is 0 Å². The Morgan fingerprint density at radius 1 is 1.67 bits per heavy atom. The number of hydrogen-bond acceptors (Lipinski definition) is 4. The summed E-state index contributed by atoms with van der Waals surface area (Å²) in [4.78, 5) is 11.8. The average molecular weight is 214 g/mol. The predicted octanol–water partition coefficient (Wildman–Crippen LogP) is 0.405. The molecule has 2 atom stereocenters. The number of hydroxylamine groups is 2. The van der Waals surface area contributed by atoms with Gasteiger partial charge < -0.3 is 10.3 Å².